The Kier molecular flexibility index (Phi) is 7.34. The van der Waals surface area contributed by atoms with Crippen molar-refractivity contribution in [1.29, 1.82) is 0 Å². The van der Waals surface area contributed by atoms with Crippen molar-refractivity contribution in [2.75, 3.05) is 26.7 Å². The molecule has 2 unspecified atom stereocenters. The van der Waals surface area contributed by atoms with Gasteiger partial charge in [0.15, 0.2) is 0 Å². The first-order valence-corrected chi connectivity index (χ1v) is 7.24. The SMILES string of the molecule is CC1CC(OCCC(=O)N(C)CCCN)CC(C)O1. The Morgan fingerprint density at radius 2 is 2.00 bits per heavy atom. The number of nitrogens with zero attached hydrogens (tertiary/aromatic N) is 1. The zero-order valence-corrected chi connectivity index (χ0v) is 12.4. The van der Waals surface area contributed by atoms with Gasteiger partial charge in [0.2, 0.25) is 5.91 Å². The molecule has 0 aromatic carbocycles. The monoisotopic (exact) mass is 272 g/mol. The molecule has 0 spiro atoms. The van der Waals surface area contributed by atoms with Crippen molar-refractivity contribution in [3.8, 4) is 0 Å². The lowest BCUT2D eigenvalue weighted by Crippen LogP contribution is -2.35. The van der Waals surface area contributed by atoms with Crippen molar-refractivity contribution < 1.29 is 14.3 Å². The van der Waals surface area contributed by atoms with Crippen LogP contribution in [-0.4, -0.2) is 55.9 Å². The normalized spacial score (nSPS) is 27.3. The lowest BCUT2D eigenvalue weighted by atomic mass is 10.0. The van der Waals surface area contributed by atoms with Crippen LogP contribution in [0.15, 0.2) is 0 Å². The van der Waals surface area contributed by atoms with Gasteiger partial charge in [0.1, 0.15) is 0 Å². The molecule has 1 amide bonds. The summed E-state index contributed by atoms with van der Waals surface area (Å²) in [5.41, 5.74) is 5.43. The van der Waals surface area contributed by atoms with Gasteiger partial charge in [-0.1, -0.05) is 0 Å². The highest BCUT2D eigenvalue weighted by Crippen LogP contribution is 2.21. The molecule has 1 saturated heterocycles. The largest absolute Gasteiger partial charge is 0.377 e. The second-order valence-corrected chi connectivity index (χ2v) is 5.43. The van der Waals surface area contributed by atoms with Crippen LogP contribution in [0.2, 0.25) is 0 Å². The number of hydrogen-bond acceptors (Lipinski definition) is 4. The van der Waals surface area contributed by atoms with Crippen LogP contribution in [0.25, 0.3) is 0 Å². The van der Waals surface area contributed by atoms with Gasteiger partial charge < -0.3 is 20.1 Å². The van der Waals surface area contributed by atoms with E-state index in [4.69, 9.17) is 15.2 Å². The zero-order chi connectivity index (χ0) is 14.3. The number of hydrogen-bond donors (Lipinski definition) is 1. The minimum atomic E-state index is 0.126. The number of rotatable bonds is 7. The molecule has 19 heavy (non-hydrogen) atoms. The van der Waals surface area contributed by atoms with E-state index in [1.54, 1.807) is 4.90 Å². The van der Waals surface area contributed by atoms with E-state index < -0.39 is 0 Å². The number of carbonyl (C=O) groups is 1. The van der Waals surface area contributed by atoms with Crippen LogP contribution in [0.1, 0.15) is 39.5 Å². The van der Waals surface area contributed by atoms with Gasteiger partial charge in [0, 0.05) is 13.6 Å². The quantitative estimate of drug-likeness (QED) is 0.755. The molecule has 0 aromatic heterocycles. The highest BCUT2D eigenvalue weighted by atomic mass is 16.5. The average Bonchev–Trinajstić information content (AvgIpc) is 2.34. The third-order valence-corrected chi connectivity index (χ3v) is 3.45. The fraction of sp³-hybridized carbons (Fsp3) is 0.929. The Balaban J connectivity index is 2.17. The summed E-state index contributed by atoms with van der Waals surface area (Å²) in [7, 11) is 1.82. The highest BCUT2D eigenvalue weighted by molar-refractivity contribution is 5.75. The van der Waals surface area contributed by atoms with Gasteiger partial charge in [-0.05, 0) is 39.7 Å². The minimum absolute atomic E-state index is 0.126. The lowest BCUT2D eigenvalue weighted by molar-refractivity contribution is -0.133. The number of nitrogens with two attached hydrogens (primary N) is 1. The molecule has 112 valence electrons. The number of carbonyl (C=O) groups excluding carboxylic acids is 1. The molecule has 1 rings (SSSR count). The molecule has 0 aromatic rings. The summed E-state index contributed by atoms with van der Waals surface area (Å²) < 4.78 is 11.5. The van der Waals surface area contributed by atoms with Gasteiger partial charge >= 0.3 is 0 Å². The van der Waals surface area contributed by atoms with Crippen LogP contribution in [0.4, 0.5) is 0 Å². The van der Waals surface area contributed by atoms with Crippen molar-refractivity contribution in [2.45, 2.75) is 57.8 Å². The molecule has 1 fully saturated rings. The van der Waals surface area contributed by atoms with Crippen molar-refractivity contribution in [2.24, 2.45) is 5.73 Å². The second-order valence-electron chi connectivity index (χ2n) is 5.43. The summed E-state index contributed by atoms with van der Waals surface area (Å²) in [4.78, 5) is 13.5. The van der Waals surface area contributed by atoms with E-state index in [2.05, 4.69) is 13.8 Å². The van der Waals surface area contributed by atoms with Crippen LogP contribution in [-0.2, 0) is 14.3 Å². The van der Waals surface area contributed by atoms with E-state index in [1.165, 1.54) is 0 Å². The molecule has 0 saturated carbocycles. The van der Waals surface area contributed by atoms with Gasteiger partial charge in [0.05, 0.1) is 31.3 Å². The van der Waals surface area contributed by atoms with Gasteiger partial charge in [-0.3, -0.25) is 4.79 Å². The molecule has 0 aliphatic carbocycles. The zero-order valence-electron chi connectivity index (χ0n) is 12.4. The van der Waals surface area contributed by atoms with Gasteiger partial charge in [-0.2, -0.15) is 0 Å². The Morgan fingerprint density at radius 3 is 2.58 bits per heavy atom. The molecule has 1 aliphatic rings. The Bertz CT molecular complexity index is 263. The summed E-state index contributed by atoms with van der Waals surface area (Å²) in [6.07, 6.45) is 3.84. The first-order chi connectivity index (χ1) is 9.02. The van der Waals surface area contributed by atoms with E-state index in [0.29, 0.717) is 19.6 Å². The van der Waals surface area contributed by atoms with Crippen molar-refractivity contribution in [3.63, 3.8) is 0 Å². The smallest absolute Gasteiger partial charge is 0.224 e. The standard InChI is InChI=1S/C14H28N2O3/c1-11-9-13(10-12(2)19-11)18-8-5-14(17)16(3)7-4-6-15/h11-13H,4-10,15H2,1-3H3. The van der Waals surface area contributed by atoms with E-state index >= 15 is 0 Å². The van der Waals surface area contributed by atoms with Gasteiger partial charge in [0.25, 0.3) is 0 Å². The minimum Gasteiger partial charge on any atom is -0.377 e. The maximum atomic E-state index is 11.8. The molecule has 5 nitrogen and oxygen atoms in total. The number of ether oxygens (including phenoxy) is 2. The predicted octanol–water partition coefficient (Wildman–Crippen LogP) is 1.16. The Labute approximate surface area is 116 Å². The van der Waals surface area contributed by atoms with Crippen molar-refractivity contribution in [1.82, 2.24) is 4.90 Å². The second kappa shape index (κ2) is 8.51. The third-order valence-electron chi connectivity index (χ3n) is 3.45. The maximum absolute atomic E-state index is 11.8. The summed E-state index contributed by atoms with van der Waals surface area (Å²) in [6, 6.07) is 0. The summed E-state index contributed by atoms with van der Waals surface area (Å²) in [6.45, 7) is 5.97. The molecule has 1 aliphatic heterocycles. The van der Waals surface area contributed by atoms with E-state index in [1.807, 2.05) is 7.05 Å². The van der Waals surface area contributed by atoms with Crippen LogP contribution < -0.4 is 5.73 Å². The highest BCUT2D eigenvalue weighted by Gasteiger charge is 2.25. The fourth-order valence-electron chi connectivity index (χ4n) is 2.44. The third kappa shape index (κ3) is 6.36. The van der Waals surface area contributed by atoms with Crippen molar-refractivity contribution >= 4 is 5.91 Å². The summed E-state index contributed by atoms with van der Waals surface area (Å²) >= 11 is 0. The first kappa shape index (κ1) is 16.4. The lowest BCUT2D eigenvalue weighted by Gasteiger charge is -2.32. The average molecular weight is 272 g/mol. The molecule has 2 atom stereocenters. The molecule has 0 bridgehead atoms. The summed E-state index contributed by atoms with van der Waals surface area (Å²) in [5.74, 6) is 0.126. The fourth-order valence-corrected chi connectivity index (χ4v) is 2.44. The molecule has 5 heteroatoms. The molecular formula is C14H28N2O3. The summed E-state index contributed by atoms with van der Waals surface area (Å²) in [5, 5.41) is 0. The molecular weight excluding hydrogens is 244 g/mol. The van der Waals surface area contributed by atoms with E-state index in [-0.39, 0.29) is 24.2 Å². The number of amides is 1. The van der Waals surface area contributed by atoms with Crippen LogP contribution >= 0.6 is 0 Å². The van der Waals surface area contributed by atoms with Crippen LogP contribution in [0.5, 0.6) is 0 Å². The molecule has 0 radical (unpaired) electrons. The van der Waals surface area contributed by atoms with Crippen molar-refractivity contribution in [3.05, 3.63) is 0 Å². The van der Waals surface area contributed by atoms with E-state index in [9.17, 15) is 4.79 Å². The topological polar surface area (TPSA) is 64.8 Å². The Morgan fingerprint density at radius 1 is 1.37 bits per heavy atom. The molecule has 1 heterocycles. The van der Waals surface area contributed by atoms with Gasteiger partial charge in [-0.25, -0.2) is 0 Å². The maximum Gasteiger partial charge on any atom is 0.224 e. The van der Waals surface area contributed by atoms with E-state index in [0.717, 1.165) is 25.8 Å². The first-order valence-electron chi connectivity index (χ1n) is 7.24. The Hall–Kier alpha value is -0.650. The van der Waals surface area contributed by atoms with Crippen LogP contribution in [0.3, 0.4) is 0 Å². The predicted molar refractivity (Wildman–Crippen MR) is 74.9 cm³/mol. The van der Waals surface area contributed by atoms with Gasteiger partial charge in [-0.15, -0.1) is 0 Å². The van der Waals surface area contributed by atoms with Crippen LogP contribution in [0, 0.1) is 0 Å². The molecule has 2 N–H and O–H groups in total.